The van der Waals surface area contributed by atoms with Gasteiger partial charge in [-0.2, -0.15) is 4.99 Å². The molecule has 1 heterocycles. The van der Waals surface area contributed by atoms with Crippen molar-refractivity contribution in [3.63, 3.8) is 0 Å². The SMILES string of the molecule is NC1=NC(c2ccc(OCc3ccccc3)cc2)N(c2ccc(Cl)cc2)C(N)=N1. The van der Waals surface area contributed by atoms with Gasteiger partial charge in [0.15, 0.2) is 6.17 Å². The summed E-state index contributed by atoms with van der Waals surface area (Å²) in [6.45, 7) is 0.505. The number of ether oxygens (including phenoxy) is 1. The van der Waals surface area contributed by atoms with Gasteiger partial charge in [-0.3, -0.25) is 4.90 Å². The fraction of sp³-hybridized carbons (Fsp3) is 0.0909. The van der Waals surface area contributed by atoms with Crippen LogP contribution in [0, 0.1) is 0 Å². The molecule has 4 rings (SSSR count). The van der Waals surface area contributed by atoms with Crippen LogP contribution in [0.15, 0.2) is 88.8 Å². The van der Waals surface area contributed by atoms with E-state index in [-0.39, 0.29) is 11.9 Å². The van der Waals surface area contributed by atoms with Crippen LogP contribution in [0.4, 0.5) is 5.69 Å². The molecule has 1 unspecified atom stereocenters. The third-order valence-electron chi connectivity index (χ3n) is 4.51. The molecule has 29 heavy (non-hydrogen) atoms. The standard InChI is InChI=1S/C22H20ClN5O/c23-17-8-10-18(11-9-17)28-20(26-21(24)27-22(28)25)16-6-12-19(13-7-16)29-14-15-4-2-1-3-5-15/h1-13,20H,14H2,(H4,24,25,26,27). The number of anilines is 1. The molecule has 0 saturated carbocycles. The number of hydrogen-bond acceptors (Lipinski definition) is 6. The lowest BCUT2D eigenvalue weighted by Crippen LogP contribution is -2.44. The van der Waals surface area contributed by atoms with E-state index in [0.29, 0.717) is 11.6 Å². The fourth-order valence-electron chi connectivity index (χ4n) is 3.08. The molecule has 0 spiro atoms. The molecule has 0 radical (unpaired) electrons. The minimum atomic E-state index is -0.433. The van der Waals surface area contributed by atoms with E-state index in [0.717, 1.165) is 22.6 Å². The van der Waals surface area contributed by atoms with Gasteiger partial charge in [-0.25, -0.2) is 4.99 Å². The van der Waals surface area contributed by atoms with Crippen LogP contribution in [0.1, 0.15) is 17.3 Å². The Morgan fingerprint density at radius 1 is 0.897 bits per heavy atom. The van der Waals surface area contributed by atoms with Crippen molar-refractivity contribution in [2.75, 3.05) is 4.90 Å². The lowest BCUT2D eigenvalue weighted by molar-refractivity contribution is 0.306. The minimum Gasteiger partial charge on any atom is -0.489 e. The van der Waals surface area contributed by atoms with Gasteiger partial charge in [-0.05, 0) is 47.5 Å². The first-order valence-electron chi connectivity index (χ1n) is 9.09. The molecule has 0 fully saturated rings. The summed E-state index contributed by atoms with van der Waals surface area (Å²) in [6, 6.07) is 25.1. The quantitative estimate of drug-likeness (QED) is 0.669. The van der Waals surface area contributed by atoms with E-state index in [9.17, 15) is 0 Å². The molecular formula is C22H20ClN5O. The zero-order valence-electron chi connectivity index (χ0n) is 15.6. The number of hydrogen-bond donors (Lipinski definition) is 2. The molecule has 3 aromatic carbocycles. The van der Waals surface area contributed by atoms with Crippen molar-refractivity contribution in [2.45, 2.75) is 12.8 Å². The molecule has 0 aliphatic carbocycles. The van der Waals surface area contributed by atoms with E-state index in [1.165, 1.54) is 0 Å². The number of nitrogens with two attached hydrogens (primary N) is 2. The first-order valence-corrected chi connectivity index (χ1v) is 9.47. The van der Waals surface area contributed by atoms with Crippen LogP contribution < -0.4 is 21.1 Å². The predicted octanol–water partition coefficient (Wildman–Crippen LogP) is 4.07. The van der Waals surface area contributed by atoms with E-state index in [4.69, 9.17) is 27.8 Å². The fourth-order valence-corrected chi connectivity index (χ4v) is 3.21. The highest BCUT2D eigenvalue weighted by atomic mass is 35.5. The van der Waals surface area contributed by atoms with Crippen molar-refractivity contribution in [1.29, 1.82) is 0 Å². The Kier molecular flexibility index (Phi) is 5.35. The summed E-state index contributed by atoms with van der Waals surface area (Å²) >= 11 is 6.01. The maximum atomic E-state index is 6.17. The van der Waals surface area contributed by atoms with Crippen LogP contribution in [0.3, 0.4) is 0 Å². The van der Waals surface area contributed by atoms with E-state index in [2.05, 4.69) is 9.98 Å². The zero-order valence-corrected chi connectivity index (χ0v) is 16.3. The van der Waals surface area contributed by atoms with Crippen molar-refractivity contribution >= 4 is 29.2 Å². The molecule has 0 aromatic heterocycles. The van der Waals surface area contributed by atoms with Crippen molar-refractivity contribution in [2.24, 2.45) is 21.5 Å². The summed E-state index contributed by atoms with van der Waals surface area (Å²) in [4.78, 5) is 10.4. The van der Waals surface area contributed by atoms with Crippen molar-refractivity contribution < 1.29 is 4.74 Å². The summed E-state index contributed by atoms with van der Waals surface area (Å²) < 4.78 is 5.86. The van der Waals surface area contributed by atoms with Crippen LogP contribution in [0.2, 0.25) is 5.02 Å². The Morgan fingerprint density at radius 3 is 2.28 bits per heavy atom. The average molecular weight is 406 g/mol. The van der Waals surface area contributed by atoms with Crippen molar-refractivity contribution in [3.05, 3.63) is 95.0 Å². The van der Waals surface area contributed by atoms with Gasteiger partial charge in [0, 0.05) is 10.7 Å². The second-order valence-corrected chi connectivity index (χ2v) is 6.96. The molecule has 6 nitrogen and oxygen atoms in total. The number of rotatable bonds is 5. The Balaban J connectivity index is 1.56. The second kappa shape index (κ2) is 8.24. The lowest BCUT2D eigenvalue weighted by atomic mass is 10.1. The number of nitrogens with zero attached hydrogens (tertiary/aromatic N) is 3. The number of benzene rings is 3. The third kappa shape index (κ3) is 4.33. The summed E-state index contributed by atoms with van der Waals surface area (Å²) in [5.74, 6) is 1.18. The molecular weight excluding hydrogens is 386 g/mol. The summed E-state index contributed by atoms with van der Waals surface area (Å²) in [7, 11) is 0. The molecule has 0 amide bonds. The largest absolute Gasteiger partial charge is 0.489 e. The van der Waals surface area contributed by atoms with Gasteiger partial charge in [0.2, 0.25) is 11.9 Å². The van der Waals surface area contributed by atoms with Gasteiger partial charge in [0.05, 0.1) is 0 Å². The van der Waals surface area contributed by atoms with E-state index in [1.807, 2.05) is 71.6 Å². The normalized spacial score (nSPS) is 16.2. The van der Waals surface area contributed by atoms with Gasteiger partial charge in [-0.15, -0.1) is 0 Å². The van der Waals surface area contributed by atoms with Gasteiger partial charge in [0.1, 0.15) is 12.4 Å². The first kappa shape index (κ1) is 18.8. The highest BCUT2D eigenvalue weighted by Gasteiger charge is 2.27. The first-order chi connectivity index (χ1) is 14.1. The molecule has 0 bridgehead atoms. The second-order valence-electron chi connectivity index (χ2n) is 6.52. The third-order valence-corrected chi connectivity index (χ3v) is 4.76. The van der Waals surface area contributed by atoms with Crippen LogP contribution in [0.25, 0.3) is 0 Å². The molecule has 3 aromatic rings. The maximum Gasteiger partial charge on any atom is 0.221 e. The maximum absolute atomic E-state index is 6.17. The van der Waals surface area contributed by atoms with E-state index in [1.54, 1.807) is 12.1 Å². The molecule has 0 saturated heterocycles. The number of halogens is 1. The molecule has 7 heteroatoms. The summed E-state index contributed by atoms with van der Waals surface area (Å²) in [5.41, 5.74) is 14.9. The van der Waals surface area contributed by atoms with Gasteiger partial charge in [-0.1, -0.05) is 54.1 Å². The van der Waals surface area contributed by atoms with Crippen LogP contribution in [-0.2, 0) is 6.61 Å². The van der Waals surface area contributed by atoms with Gasteiger partial charge < -0.3 is 16.2 Å². The Morgan fingerprint density at radius 2 is 1.59 bits per heavy atom. The summed E-state index contributed by atoms with van der Waals surface area (Å²) in [6.07, 6.45) is -0.433. The Hall–Kier alpha value is -3.51. The van der Waals surface area contributed by atoms with Crippen LogP contribution in [-0.4, -0.2) is 11.9 Å². The van der Waals surface area contributed by atoms with Crippen molar-refractivity contribution in [3.8, 4) is 5.75 Å². The zero-order chi connectivity index (χ0) is 20.2. The van der Waals surface area contributed by atoms with Crippen molar-refractivity contribution in [1.82, 2.24) is 0 Å². The number of aliphatic imine (C=N–C) groups is 2. The highest BCUT2D eigenvalue weighted by Crippen LogP contribution is 2.32. The molecule has 1 atom stereocenters. The monoisotopic (exact) mass is 405 g/mol. The molecule has 1 aliphatic heterocycles. The Labute approximate surface area is 174 Å². The molecule has 1 aliphatic rings. The molecule has 4 N–H and O–H groups in total. The van der Waals surface area contributed by atoms with Gasteiger partial charge >= 0.3 is 0 Å². The predicted molar refractivity (Wildman–Crippen MR) is 117 cm³/mol. The van der Waals surface area contributed by atoms with E-state index < -0.39 is 6.17 Å². The number of guanidine groups is 2. The van der Waals surface area contributed by atoms with Gasteiger partial charge in [0.25, 0.3) is 0 Å². The van der Waals surface area contributed by atoms with Crippen LogP contribution in [0.5, 0.6) is 5.75 Å². The van der Waals surface area contributed by atoms with E-state index >= 15 is 0 Å². The topological polar surface area (TPSA) is 89.2 Å². The highest BCUT2D eigenvalue weighted by molar-refractivity contribution is 6.30. The smallest absolute Gasteiger partial charge is 0.221 e. The average Bonchev–Trinajstić information content (AvgIpc) is 2.74. The Bertz CT molecular complexity index is 1030. The summed E-state index contributed by atoms with van der Waals surface area (Å²) in [5, 5.41) is 0.640. The van der Waals surface area contributed by atoms with Crippen LogP contribution >= 0.6 is 11.6 Å². The lowest BCUT2D eigenvalue weighted by Gasteiger charge is -2.32. The minimum absolute atomic E-state index is 0.141. The molecule has 146 valence electrons.